The Kier molecular flexibility index (Phi) is 1.56. The van der Waals surface area contributed by atoms with E-state index in [1.807, 2.05) is 0 Å². The predicted molar refractivity (Wildman–Crippen MR) is 46.4 cm³/mol. The van der Waals surface area contributed by atoms with Gasteiger partial charge in [0.2, 0.25) is 0 Å². The lowest BCUT2D eigenvalue weighted by atomic mass is 9.81. The predicted octanol–water partition coefficient (Wildman–Crippen LogP) is 0.619. The monoisotopic (exact) mass is 196 g/mol. The van der Waals surface area contributed by atoms with Gasteiger partial charge in [-0.2, -0.15) is 0 Å². The van der Waals surface area contributed by atoms with Crippen molar-refractivity contribution in [3.05, 3.63) is 12.7 Å². The van der Waals surface area contributed by atoms with Crippen LogP contribution in [0, 0.1) is 5.92 Å². The molecule has 76 valence electrons. The first-order chi connectivity index (χ1) is 6.72. The molecule has 0 N–H and O–H groups in total. The summed E-state index contributed by atoms with van der Waals surface area (Å²) >= 11 is 0. The van der Waals surface area contributed by atoms with E-state index in [1.54, 1.807) is 0 Å². The quantitative estimate of drug-likeness (QED) is 0.490. The van der Waals surface area contributed by atoms with Crippen LogP contribution in [0.1, 0.15) is 12.8 Å². The Hall–Kier alpha value is -0.870. The third-order valence-electron chi connectivity index (χ3n) is 3.24. The normalized spacial score (nSPS) is 47.3. The molecule has 4 aliphatic rings. The van der Waals surface area contributed by atoms with Gasteiger partial charge < -0.3 is 14.2 Å². The lowest BCUT2D eigenvalue weighted by Crippen LogP contribution is -2.50. The number of esters is 1. The van der Waals surface area contributed by atoms with Gasteiger partial charge in [-0.15, -0.1) is 0 Å². The molecule has 4 nitrogen and oxygen atoms in total. The lowest BCUT2D eigenvalue weighted by molar-refractivity contribution is -0.244. The molecule has 4 aliphatic heterocycles. The number of ether oxygens (including phenoxy) is 3. The molecule has 4 heteroatoms. The van der Waals surface area contributed by atoms with Crippen LogP contribution in [0.3, 0.4) is 0 Å². The minimum Gasteiger partial charge on any atom is -0.462 e. The number of carbonyl (C=O) groups is 1. The molecule has 4 rings (SSSR count). The molecule has 0 saturated carbocycles. The van der Waals surface area contributed by atoms with Crippen LogP contribution in [0.25, 0.3) is 0 Å². The Morgan fingerprint density at radius 3 is 2.86 bits per heavy atom. The van der Waals surface area contributed by atoms with E-state index in [-0.39, 0.29) is 24.0 Å². The summed E-state index contributed by atoms with van der Waals surface area (Å²) in [5.41, 5.74) is 0. The van der Waals surface area contributed by atoms with E-state index in [9.17, 15) is 4.79 Å². The van der Waals surface area contributed by atoms with E-state index >= 15 is 0 Å². The van der Waals surface area contributed by atoms with Crippen molar-refractivity contribution in [2.24, 2.45) is 5.92 Å². The highest BCUT2D eigenvalue weighted by Crippen LogP contribution is 2.58. The average Bonchev–Trinajstić information content (AvgIpc) is 2.76. The zero-order valence-electron chi connectivity index (χ0n) is 7.77. The van der Waals surface area contributed by atoms with Gasteiger partial charge in [-0.1, -0.05) is 6.58 Å². The highest BCUT2D eigenvalue weighted by molar-refractivity contribution is 5.81. The SMILES string of the molecule is C=CC(=O)OCC1CC23CC(O2)C1O3. The zero-order chi connectivity index (χ0) is 9.76. The van der Waals surface area contributed by atoms with E-state index in [0.717, 1.165) is 12.8 Å². The molecular weight excluding hydrogens is 184 g/mol. The van der Waals surface area contributed by atoms with Crippen LogP contribution in [0.2, 0.25) is 0 Å². The van der Waals surface area contributed by atoms with Gasteiger partial charge in [0.15, 0.2) is 5.79 Å². The molecule has 0 aliphatic carbocycles. The first-order valence-electron chi connectivity index (χ1n) is 4.87. The number of hydrogen-bond donors (Lipinski definition) is 0. The first kappa shape index (κ1) is 8.44. The van der Waals surface area contributed by atoms with Gasteiger partial charge in [-0.05, 0) is 0 Å². The summed E-state index contributed by atoms with van der Waals surface area (Å²) in [6.45, 7) is 3.77. The van der Waals surface area contributed by atoms with Gasteiger partial charge in [-0.25, -0.2) is 4.79 Å². The maximum Gasteiger partial charge on any atom is 0.330 e. The molecule has 4 saturated heterocycles. The third-order valence-corrected chi connectivity index (χ3v) is 3.24. The number of hydrogen-bond acceptors (Lipinski definition) is 4. The molecule has 4 atom stereocenters. The summed E-state index contributed by atoms with van der Waals surface area (Å²) < 4.78 is 16.2. The number of carbonyl (C=O) groups excluding carboxylic acids is 1. The minimum absolute atomic E-state index is 0.146. The van der Waals surface area contributed by atoms with Gasteiger partial charge in [-0.3, -0.25) is 0 Å². The molecular formula is C10H12O4. The molecule has 4 fully saturated rings. The fourth-order valence-corrected chi connectivity index (χ4v) is 2.65. The lowest BCUT2D eigenvalue weighted by Gasteiger charge is -2.41. The van der Waals surface area contributed by atoms with E-state index in [1.165, 1.54) is 6.08 Å². The Morgan fingerprint density at radius 2 is 2.36 bits per heavy atom. The molecule has 0 aromatic carbocycles. The van der Waals surface area contributed by atoms with Crippen LogP contribution in [0.5, 0.6) is 0 Å². The second kappa shape index (κ2) is 2.58. The standard InChI is InChI=1S/C10H12O4/c1-2-8(11)12-5-6-3-10-4-7(13-10)9(6)14-10/h2,6-7,9H,1,3-5H2. The fourth-order valence-electron chi connectivity index (χ4n) is 2.65. The van der Waals surface area contributed by atoms with Crippen LogP contribution in [0.4, 0.5) is 0 Å². The highest BCUT2D eigenvalue weighted by atomic mass is 16.8. The van der Waals surface area contributed by atoms with Crippen LogP contribution in [-0.2, 0) is 19.0 Å². The zero-order valence-corrected chi connectivity index (χ0v) is 7.77. The van der Waals surface area contributed by atoms with Crippen molar-refractivity contribution >= 4 is 5.97 Å². The summed E-state index contributed by atoms with van der Waals surface area (Å²) in [5, 5.41) is 0. The first-order valence-corrected chi connectivity index (χ1v) is 4.87. The highest BCUT2D eigenvalue weighted by Gasteiger charge is 2.68. The van der Waals surface area contributed by atoms with Gasteiger partial charge in [0.1, 0.15) is 0 Å². The topological polar surface area (TPSA) is 44.8 Å². The molecule has 4 unspecified atom stereocenters. The average molecular weight is 196 g/mol. The van der Waals surface area contributed by atoms with E-state index in [0.29, 0.717) is 12.5 Å². The third kappa shape index (κ3) is 0.980. The van der Waals surface area contributed by atoms with Gasteiger partial charge in [0, 0.05) is 24.8 Å². The Bertz CT molecular complexity index is 292. The van der Waals surface area contributed by atoms with Crippen molar-refractivity contribution in [3.63, 3.8) is 0 Å². The summed E-state index contributed by atoms with van der Waals surface area (Å²) in [5.74, 6) is -0.355. The van der Waals surface area contributed by atoms with Crippen molar-refractivity contribution < 1.29 is 19.0 Å². The molecule has 0 radical (unpaired) electrons. The molecule has 0 aromatic rings. The van der Waals surface area contributed by atoms with Crippen LogP contribution in [-0.4, -0.2) is 30.6 Å². The summed E-state index contributed by atoms with van der Waals surface area (Å²) in [4.78, 5) is 10.9. The smallest absolute Gasteiger partial charge is 0.330 e. The minimum atomic E-state index is -0.361. The number of rotatable bonds is 3. The summed E-state index contributed by atoms with van der Waals surface area (Å²) in [6.07, 6.45) is 3.45. The van der Waals surface area contributed by atoms with Gasteiger partial charge in [0.25, 0.3) is 0 Å². The van der Waals surface area contributed by atoms with Crippen molar-refractivity contribution in [1.29, 1.82) is 0 Å². The molecule has 14 heavy (non-hydrogen) atoms. The molecule has 3 bridgehead atoms. The van der Waals surface area contributed by atoms with Crippen LogP contribution < -0.4 is 0 Å². The molecule has 0 amide bonds. The largest absolute Gasteiger partial charge is 0.462 e. The second-order valence-corrected chi connectivity index (χ2v) is 4.15. The van der Waals surface area contributed by atoms with Crippen LogP contribution >= 0.6 is 0 Å². The molecule has 1 spiro atoms. The molecule has 0 aromatic heterocycles. The maximum atomic E-state index is 10.9. The Balaban J connectivity index is 1.57. The van der Waals surface area contributed by atoms with Crippen LogP contribution in [0.15, 0.2) is 12.7 Å². The second-order valence-electron chi connectivity index (χ2n) is 4.15. The summed E-state index contributed by atoms with van der Waals surface area (Å²) in [6, 6.07) is 0. The van der Waals surface area contributed by atoms with Gasteiger partial charge >= 0.3 is 5.97 Å². The Morgan fingerprint density at radius 1 is 1.57 bits per heavy atom. The van der Waals surface area contributed by atoms with Crippen molar-refractivity contribution in [1.82, 2.24) is 0 Å². The van der Waals surface area contributed by atoms with E-state index in [2.05, 4.69) is 6.58 Å². The fraction of sp³-hybridized carbons (Fsp3) is 0.700. The van der Waals surface area contributed by atoms with Crippen molar-refractivity contribution in [3.8, 4) is 0 Å². The van der Waals surface area contributed by atoms with Crippen molar-refractivity contribution in [2.45, 2.75) is 30.8 Å². The molecule has 4 heterocycles. The van der Waals surface area contributed by atoms with Crippen molar-refractivity contribution in [2.75, 3.05) is 6.61 Å². The maximum absolute atomic E-state index is 10.9. The Labute approximate surface area is 81.8 Å². The van der Waals surface area contributed by atoms with E-state index < -0.39 is 0 Å². The summed E-state index contributed by atoms with van der Waals surface area (Å²) in [7, 11) is 0. The van der Waals surface area contributed by atoms with E-state index in [4.69, 9.17) is 14.2 Å². The van der Waals surface area contributed by atoms with Gasteiger partial charge in [0.05, 0.1) is 18.8 Å².